The van der Waals surface area contributed by atoms with E-state index in [0.717, 1.165) is 11.5 Å². The summed E-state index contributed by atoms with van der Waals surface area (Å²) in [7, 11) is 0. The predicted octanol–water partition coefficient (Wildman–Crippen LogP) is 4.46. The third kappa shape index (κ3) is 4.85. The molecule has 0 aliphatic heterocycles. The molecule has 1 aromatic carbocycles. The van der Waals surface area contributed by atoms with Crippen molar-refractivity contribution in [2.45, 2.75) is 52.7 Å². The van der Waals surface area contributed by atoms with Crippen molar-refractivity contribution in [1.29, 1.82) is 0 Å². The Labute approximate surface area is 122 Å². The molecule has 1 rings (SSSR count). The number of aliphatic hydroxyl groups excluding tert-OH is 1. The fourth-order valence-electron chi connectivity index (χ4n) is 2.07. The fraction of sp³-hybridized carbons (Fsp3) is 0.647. The molecular weight excluding hydrogens is 252 g/mol. The van der Waals surface area contributed by atoms with E-state index in [2.05, 4.69) is 53.7 Å². The van der Waals surface area contributed by atoms with Crippen molar-refractivity contribution < 1.29 is 5.11 Å². The van der Waals surface area contributed by atoms with Crippen LogP contribution in [-0.2, 0) is 11.2 Å². The Hall–Kier alpha value is -0.470. The topological polar surface area (TPSA) is 20.2 Å². The minimum atomic E-state index is 0.215. The Morgan fingerprint density at radius 3 is 2.11 bits per heavy atom. The Morgan fingerprint density at radius 2 is 1.68 bits per heavy atom. The molecule has 0 fully saturated rings. The second-order valence-corrected chi connectivity index (χ2v) is 7.67. The molecule has 0 heterocycles. The monoisotopic (exact) mass is 280 g/mol. The number of thioether (sulfide) groups is 1. The van der Waals surface area contributed by atoms with Crippen LogP contribution in [0.3, 0.4) is 0 Å². The first-order valence-electron chi connectivity index (χ1n) is 7.05. The second-order valence-electron chi connectivity index (χ2n) is 6.64. The molecule has 0 aliphatic rings. The molecule has 2 heteroatoms. The number of aryl methyl sites for hydroxylation is 2. The third-order valence-corrected chi connectivity index (χ3v) is 4.82. The normalized spacial score (nSPS) is 13.6. The van der Waals surface area contributed by atoms with E-state index < -0.39 is 0 Å². The van der Waals surface area contributed by atoms with E-state index in [0.29, 0.717) is 5.92 Å². The van der Waals surface area contributed by atoms with E-state index in [1.807, 2.05) is 11.8 Å². The predicted molar refractivity (Wildman–Crippen MR) is 87.0 cm³/mol. The van der Waals surface area contributed by atoms with Crippen molar-refractivity contribution in [1.82, 2.24) is 0 Å². The van der Waals surface area contributed by atoms with Gasteiger partial charge in [-0.3, -0.25) is 0 Å². The van der Waals surface area contributed by atoms with Gasteiger partial charge in [0.1, 0.15) is 0 Å². The van der Waals surface area contributed by atoms with Crippen molar-refractivity contribution in [2.75, 3.05) is 12.4 Å². The summed E-state index contributed by atoms with van der Waals surface area (Å²) < 4.78 is 0. The highest BCUT2D eigenvalue weighted by Gasteiger charge is 2.16. The molecule has 0 saturated heterocycles. The summed E-state index contributed by atoms with van der Waals surface area (Å²) >= 11 is 1.92. The zero-order valence-electron chi connectivity index (χ0n) is 13.2. The largest absolute Gasteiger partial charge is 0.396 e. The van der Waals surface area contributed by atoms with Crippen LogP contribution in [-0.4, -0.2) is 17.5 Å². The molecule has 0 spiro atoms. The Morgan fingerprint density at radius 1 is 1.16 bits per heavy atom. The first kappa shape index (κ1) is 16.6. The fourth-order valence-corrected chi connectivity index (χ4v) is 3.35. The number of hydrogen-bond donors (Lipinski definition) is 1. The van der Waals surface area contributed by atoms with Gasteiger partial charge in [-0.2, -0.15) is 11.8 Å². The molecule has 0 aliphatic carbocycles. The second kappa shape index (κ2) is 6.81. The van der Waals surface area contributed by atoms with Gasteiger partial charge >= 0.3 is 0 Å². The average molecular weight is 280 g/mol. The lowest BCUT2D eigenvalue weighted by atomic mass is 9.84. The minimum Gasteiger partial charge on any atom is -0.396 e. The summed E-state index contributed by atoms with van der Waals surface area (Å²) in [5, 5.41) is 9.05. The lowest BCUT2D eigenvalue weighted by molar-refractivity contribution is 0.250. The standard InChI is InChI=1S/C17H28OS/c1-12(9-18)10-19-11-16-13(2)7-15(8-14(16)3)17(4,5)6/h7-8,12,18H,9-11H2,1-6H3. The molecule has 0 aromatic heterocycles. The van der Waals surface area contributed by atoms with E-state index in [4.69, 9.17) is 5.11 Å². The highest BCUT2D eigenvalue weighted by molar-refractivity contribution is 7.98. The van der Waals surface area contributed by atoms with Crippen molar-refractivity contribution in [3.63, 3.8) is 0 Å². The molecular formula is C17H28OS. The van der Waals surface area contributed by atoms with Gasteiger partial charge in [-0.25, -0.2) is 0 Å². The van der Waals surface area contributed by atoms with Crippen LogP contribution in [0.2, 0.25) is 0 Å². The summed E-state index contributed by atoms with van der Waals surface area (Å²) in [5.74, 6) is 2.46. The highest BCUT2D eigenvalue weighted by Crippen LogP contribution is 2.29. The highest BCUT2D eigenvalue weighted by atomic mass is 32.2. The molecule has 19 heavy (non-hydrogen) atoms. The van der Waals surface area contributed by atoms with E-state index in [9.17, 15) is 0 Å². The van der Waals surface area contributed by atoms with Crippen LogP contribution >= 0.6 is 11.8 Å². The van der Waals surface area contributed by atoms with Crippen LogP contribution in [0.4, 0.5) is 0 Å². The number of aliphatic hydroxyl groups is 1. The van der Waals surface area contributed by atoms with Crippen LogP contribution in [0, 0.1) is 19.8 Å². The SMILES string of the molecule is Cc1cc(C(C)(C)C)cc(C)c1CSCC(C)CO. The van der Waals surface area contributed by atoms with Crippen molar-refractivity contribution in [3.05, 3.63) is 34.4 Å². The Balaban J connectivity index is 2.80. The van der Waals surface area contributed by atoms with Crippen molar-refractivity contribution in [3.8, 4) is 0 Å². The Bertz CT molecular complexity index is 395. The zero-order chi connectivity index (χ0) is 14.6. The first-order valence-corrected chi connectivity index (χ1v) is 8.20. The van der Waals surface area contributed by atoms with E-state index in [1.54, 1.807) is 0 Å². The lowest BCUT2D eigenvalue weighted by Crippen LogP contribution is -2.12. The van der Waals surface area contributed by atoms with Gasteiger partial charge in [-0.05, 0) is 53.2 Å². The first-order chi connectivity index (χ1) is 8.75. The van der Waals surface area contributed by atoms with E-state index >= 15 is 0 Å². The van der Waals surface area contributed by atoms with E-state index in [-0.39, 0.29) is 12.0 Å². The van der Waals surface area contributed by atoms with Crippen LogP contribution < -0.4 is 0 Å². The molecule has 0 bridgehead atoms. The van der Waals surface area contributed by atoms with Crippen LogP contribution in [0.1, 0.15) is 49.9 Å². The van der Waals surface area contributed by atoms with Gasteiger partial charge in [0.25, 0.3) is 0 Å². The van der Waals surface area contributed by atoms with Gasteiger partial charge < -0.3 is 5.11 Å². The summed E-state index contributed by atoms with van der Waals surface area (Å²) in [6, 6.07) is 4.66. The molecule has 1 atom stereocenters. The number of benzene rings is 1. The molecule has 1 aromatic rings. The maximum Gasteiger partial charge on any atom is 0.0464 e. The zero-order valence-corrected chi connectivity index (χ0v) is 14.0. The van der Waals surface area contributed by atoms with Crippen molar-refractivity contribution in [2.24, 2.45) is 5.92 Å². The van der Waals surface area contributed by atoms with Crippen LogP contribution in [0.5, 0.6) is 0 Å². The minimum absolute atomic E-state index is 0.215. The third-order valence-electron chi connectivity index (χ3n) is 3.52. The van der Waals surface area contributed by atoms with Gasteiger partial charge in [0.2, 0.25) is 0 Å². The van der Waals surface area contributed by atoms with Crippen LogP contribution in [0.25, 0.3) is 0 Å². The van der Waals surface area contributed by atoms with Crippen molar-refractivity contribution >= 4 is 11.8 Å². The molecule has 0 saturated carbocycles. The molecule has 1 nitrogen and oxygen atoms in total. The molecule has 0 radical (unpaired) electrons. The summed E-state index contributed by atoms with van der Waals surface area (Å²) in [6.45, 7) is 13.6. The summed E-state index contributed by atoms with van der Waals surface area (Å²) in [5.41, 5.74) is 5.89. The van der Waals surface area contributed by atoms with Gasteiger partial charge in [-0.1, -0.05) is 39.8 Å². The quantitative estimate of drug-likeness (QED) is 0.859. The van der Waals surface area contributed by atoms with Crippen LogP contribution in [0.15, 0.2) is 12.1 Å². The maximum absolute atomic E-state index is 9.05. The molecule has 1 N–H and O–H groups in total. The summed E-state index contributed by atoms with van der Waals surface area (Å²) in [4.78, 5) is 0. The number of hydrogen-bond acceptors (Lipinski definition) is 2. The lowest BCUT2D eigenvalue weighted by Gasteiger charge is -2.22. The smallest absolute Gasteiger partial charge is 0.0464 e. The summed E-state index contributed by atoms with van der Waals surface area (Å²) in [6.07, 6.45) is 0. The molecule has 0 amide bonds. The number of rotatable bonds is 5. The molecule has 1 unspecified atom stereocenters. The van der Waals surface area contributed by atoms with Gasteiger partial charge in [-0.15, -0.1) is 0 Å². The van der Waals surface area contributed by atoms with E-state index in [1.165, 1.54) is 22.3 Å². The van der Waals surface area contributed by atoms with Gasteiger partial charge in [0.15, 0.2) is 0 Å². The van der Waals surface area contributed by atoms with Gasteiger partial charge in [0.05, 0.1) is 0 Å². The Kier molecular flexibility index (Phi) is 5.94. The average Bonchev–Trinajstić information content (AvgIpc) is 2.30. The van der Waals surface area contributed by atoms with Gasteiger partial charge in [0, 0.05) is 12.4 Å². The molecule has 108 valence electrons. The maximum atomic E-state index is 9.05.